The molecule has 0 unspecified atom stereocenters. The van der Waals surface area contributed by atoms with E-state index in [9.17, 15) is 0 Å². The van der Waals surface area contributed by atoms with Crippen LogP contribution >= 0.6 is 0 Å². The Morgan fingerprint density at radius 1 is 1.44 bits per heavy atom. The van der Waals surface area contributed by atoms with Crippen molar-refractivity contribution >= 4 is 6.08 Å². The van der Waals surface area contributed by atoms with E-state index in [-0.39, 0.29) is 6.10 Å². The number of benzene rings is 1. The zero-order chi connectivity index (χ0) is 12.0. The minimum Gasteiger partial charge on any atom is -0.496 e. The Hall–Kier alpha value is -1.28. The lowest BCUT2D eigenvalue weighted by atomic mass is 10.1. The standard InChI is InChI=1S/C14H20O2/c1-11-8-9-14(16-3)13(10-11)7-5-4-6-12(2)15/h5,7-10,12,15H,4,6H2,1-3H3/b7-5+/t12-/m0/s1. The average molecular weight is 220 g/mol. The molecule has 1 aromatic carbocycles. The first-order valence-corrected chi connectivity index (χ1v) is 5.62. The maximum Gasteiger partial charge on any atom is 0.126 e. The molecule has 0 aliphatic rings. The van der Waals surface area contributed by atoms with Crippen LogP contribution in [0, 0.1) is 6.92 Å². The van der Waals surface area contributed by atoms with Gasteiger partial charge in [0.2, 0.25) is 0 Å². The van der Waals surface area contributed by atoms with Gasteiger partial charge in [0.15, 0.2) is 0 Å². The number of aliphatic hydroxyl groups is 1. The van der Waals surface area contributed by atoms with E-state index in [4.69, 9.17) is 9.84 Å². The summed E-state index contributed by atoms with van der Waals surface area (Å²) in [6.07, 6.45) is 5.57. The summed E-state index contributed by atoms with van der Waals surface area (Å²) in [7, 11) is 1.68. The average Bonchev–Trinajstić information content (AvgIpc) is 2.24. The SMILES string of the molecule is COc1ccc(C)cc1/C=C/CC[C@H](C)O. The van der Waals surface area contributed by atoms with Crippen molar-refractivity contribution in [2.24, 2.45) is 0 Å². The molecule has 0 aliphatic carbocycles. The van der Waals surface area contributed by atoms with Crippen LogP contribution in [0.4, 0.5) is 0 Å². The summed E-state index contributed by atoms with van der Waals surface area (Å²) < 4.78 is 5.28. The highest BCUT2D eigenvalue weighted by Crippen LogP contribution is 2.21. The highest BCUT2D eigenvalue weighted by molar-refractivity contribution is 5.58. The highest BCUT2D eigenvalue weighted by atomic mass is 16.5. The van der Waals surface area contributed by atoms with Crippen molar-refractivity contribution in [2.45, 2.75) is 32.8 Å². The molecule has 1 aromatic rings. The Morgan fingerprint density at radius 3 is 2.81 bits per heavy atom. The molecular weight excluding hydrogens is 200 g/mol. The second-order valence-corrected chi connectivity index (χ2v) is 4.07. The van der Waals surface area contributed by atoms with Crippen molar-refractivity contribution in [1.29, 1.82) is 0 Å². The molecule has 0 radical (unpaired) electrons. The lowest BCUT2D eigenvalue weighted by Crippen LogP contribution is -1.96. The molecule has 88 valence electrons. The summed E-state index contributed by atoms with van der Waals surface area (Å²) in [6.45, 7) is 3.87. The summed E-state index contributed by atoms with van der Waals surface area (Å²) in [5.41, 5.74) is 2.31. The third kappa shape index (κ3) is 4.07. The van der Waals surface area contributed by atoms with Crippen LogP contribution in [0.5, 0.6) is 5.75 Å². The van der Waals surface area contributed by atoms with Gasteiger partial charge in [-0.05, 0) is 38.8 Å². The molecule has 1 rings (SSSR count). The van der Waals surface area contributed by atoms with Gasteiger partial charge < -0.3 is 9.84 Å². The van der Waals surface area contributed by atoms with Crippen LogP contribution in [0.2, 0.25) is 0 Å². The number of ether oxygens (including phenoxy) is 1. The van der Waals surface area contributed by atoms with E-state index in [1.54, 1.807) is 14.0 Å². The summed E-state index contributed by atoms with van der Waals surface area (Å²) in [6, 6.07) is 6.10. The third-order valence-corrected chi connectivity index (χ3v) is 2.43. The molecule has 16 heavy (non-hydrogen) atoms. The summed E-state index contributed by atoms with van der Waals surface area (Å²) >= 11 is 0. The Labute approximate surface area is 97.6 Å². The van der Waals surface area contributed by atoms with Crippen molar-refractivity contribution < 1.29 is 9.84 Å². The number of aryl methyl sites for hydroxylation is 1. The van der Waals surface area contributed by atoms with Crippen molar-refractivity contribution in [3.63, 3.8) is 0 Å². The Morgan fingerprint density at radius 2 is 2.19 bits per heavy atom. The highest BCUT2D eigenvalue weighted by Gasteiger charge is 1.99. The van der Waals surface area contributed by atoms with Gasteiger partial charge in [0.05, 0.1) is 13.2 Å². The van der Waals surface area contributed by atoms with Gasteiger partial charge in [0.25, 0.3) is 0 Å². The van der Waals surface area contributed by atoms with Gasteiger partial charge in [0.1, 0.15) is 5.75 Å². The van der Waals surface area contributed by atoms with Gasteiger partial charge in [-0.2, -0.15) is 0 Å². The van der Waals surface area contributed by atoms with Crippen molar-refractivity contribution in [2.75, 3.05) is 7.11 Å². The van der Waals surface area contributed by atoms with E-state index in [0.717, 1.165) is 24.2 Å². The molecule has 1 atom stereocenters. The van der Waals surface area contributed by atoms with E-state index >= 15 is 0 Å². The van der Waals surface area contributed by atoms with E-state index in [0.29, 0.717) is 0 Å². The van der Waals surface area contributed by atoms with Gasteiger partial charge in [-0.15, -0.1) is 0 Å². The number of hydrogen-bond acceptors (Lipinski definition) is 2. The van der Waals surface area contributed by atoms with Crippen LogP contribution in [0.25, 0.3) is 6.08 Å². The predicted molar refractivity (Wildman–Crippen MR) is 67.7 cm³/mol. The molecule has 2 nitrogen and oxygen atoms in total. The number of aliphatic hydroxyl groups excluding tert-OH is 1. The van der Waals surface area contributed by atoms with Gasteiger partial charge in [-0.1, -0.05) is 23.8 Å². The van der Waals surface area contributed by atoms with Gasteiger partial charge >= 0.3 is 0 Å². The van der Waals surface area contributed by atoms with Crippen LogP contribution < -0.4 is 4.74 Å². The smallest absolute Gasteiger partial charge is 0.126 e. The molecular formula is C14H20O2. The number of hydrogen-bond donors (Lipinski definition) is 1. The predicted octanol–water partition coefficient (Wildman–Crippen LogP) is 3.18. The van der Waals surface area contributed by atoms with Crippen LogP contribution in [0.1, 0.15) is 30.9 Å². The summed E-state index contributed by atoms with van der Waals surface area (Å²) in [5.74, 6) is 0.888. The molecule has 0 heterocycles. The largest absolute Gasteiger partial charge is 0.496 e. The molecule has 0 bridgehead atoms. The zero-order valence-corrected chi connectivity index (χ0v) is 10.2. The molecule has 0 saturated heterocycles. The monoisotopic (exact) mass is 220 g/mol. The molecule has 0 aromatic heterocycles. The van der Waals surface area contributed by atoms with Crippen molar-refractivity contribution in [3.8, 4) is 5.75 Å². The van der Waals surface area contributed by atoms with E-state index < -0.39 is 0 Å². The number of rotatable bonds is 5. The van der Waals surface area contributed by atoms with Crippen LogP contribution in [-0.2, 0) is 0 Å². The minimum atomic E-state index is -0.232. The van der Waals surface area contributed by atoms with E-state index in [1.807, 2.05) is 18.2 Å². The summed E-state index contributed by atoms with van der Waals surface area (Å²) in [4.78, 5) is 0. The second-order valence-electron chi connectivity index (χ2n) is 4.07. The van der Waals surface area contributed by atoms with E-state index in [1.165, 1.54) is 5.56 Å². The van der Waals surface area contributed by atoms with Gasteiger partial charge in [0, 0.05) is 5.56 Å². The van der Waals surface area contributed by atoms with Crippen molar-refractivity contribution in [3.05, 3.63) is 35.4 Å². The molecule has 0 aliphatic heterocycles. The maximum absolute atomic E-state index is 9.14. The molecule has 1 N–H and O–H groups in total. The fraction of sp³-hybridized carbons (Fsp3) is 0.429. The van der Waals surface area contributed by atoms with Crippen LogP contribution in [-0.4, -0.2) is 18.3 Å². The fourth-order valence-electron chi connectivity index (χ4n) is 1.53. The summed E-state index contributed by atoms with van der Waals surface area (Å²) in [5, 5.41) is 9.14. The van der Waals surface area contributed by atoms with Crippen LogP contribution in [0.15, 0.2) is 24.3 Å². The second kappa shape index (κ2) is 6.33. The Balaban J connectivity index is 2.67. The van der Waals surface area contributed by atoms with Crippen molar-refractivity contribution in [1.82, 2.24) is 0 Å². The first-order valence-electron chi connectivity index (χ1n) is 5.62. The first-order chi connectivity index (χ1) is 7.63. The first kappa shape index (κ1) is 12.8. The normalized spacial score (nSPS) is 13.0. The Bertz CT molecular complexity index is 354. The molecule has 0 saturated carbocycles. The molecule has 0 fully saturated rings. The van der Waals surface area contributed by atoms with E-state index in [2.05, 4.69) is 19.1 Å². The quantitative estimate of drug-likeness (QED) is 0.825. The lowest BCUT2D eigenvalue weighted by Gasteiger charge is -2.05. The topological polar surface area (TPSA) is 29.5 Å². The lowest BCUT2D eigenvalue weighted by molar-refractivity contribution is 0.186. The molecule has 2 heteroatoms. The van der Waals surface area contributed by atoms with Gasteiger partial charge in [-0.3, -0.25) is 0 Å². The third-order valence-electron chi connectivity index (χ3n) is 2.43. The van der Waals surface area contributed by atoms with Gasteiger partial charge in [-0.25, -0.2) is 0 Å². The number of methoxy groups -OCH3 is 1. The van der Waals surface area contributed by atoms with Crippen LogP contribution in [0.3, 0.4) is 0 Å². The fourth-order valence-corrected chi connectivity index (χ4v) is 1.53. The maximum atomic E-state index is 9.14. The zero-order valence-electron chi connectivity index (χ0n) is 10.2. The molecule has 0 spiro atoms. The minimum absolute atomic E-state index is 0.232. The Kier molecular flexibility index (Phi) is 5.06. The number of allylic oxidation sites excluding steroid dienone is 1. The molecule has 0 amide bonds.